The molecule has 54 heavy (non-hydrogen) atoms. The standard InChI is InChI=1S/C35H69Cl2GeSi6.C9H21Si/c1-30(2,3)41(19,31(4,5)6)39(27-29(38)28-25-23-22-24-26-28)44(37,43(21,34(13,14)15)35(16,17)18)40(36)42(20,32(7,8)9)33(10,11)12;1-8(2,3)10(7)9(4,5)6/h22-27H,1-21H3;1-7H3/b29-27-;/t44-;/m1./s1. The maximum atomic E-state index is 9.34. The maximum Gasteiger partial charge on any atom is 0.0561 e. The zero-order valence-corrected chi connectivity index (χ0v) is 51.8. The van der Waals surface area contributed by atoms with Crippen LogP contribution in [0.3, 0.4) is 0 Å². The second kappa shape index (κ2) is 17.5. The van der Waals surface area contributed by atoms with Crippen LogP contribution in [0.15, 0.2) is 36.0 Å². The van der Waals surface area contributed by atoms with Crippen molar-refractivity contribution >= 4 is 95.6 Å². The number of hydrogen-bond donors (Lipinski definition) is 0. The minimum absolute atomic E-state index is 0.116. The van der Waals surface area contributed by atoms with E-state index in [0.717, 1.165) is 0 Å². The molecule has 312 valence electrons. The first kappa shape index (κ1) is 55.6. The minimum Gasteiger partial charge on any atom is -0.0703 e. The second-order valence-corrected chi connectivity index (χ2v) is 86.6. The van der Waals surface area contributed by atoms with Crippen molar-refractivity contribution in [2.45, 2.75) is 233 Å². The summed E-state index contributed by atoms with van der Waals surface area (Å²) in [4.78, 5) is 0. The SMILES string of the molecule is CC(C)(C)[Si](C)([Si](Cl)[Si@@](Cl)([Si](/C=[C](\[Ge])c1ccccc1)[Si](C)(C(C)(C)C)C(C)(C)C)[Si](C)(C(C)(C)C)C(C)(C)C)C(C)(C)C.C[Si](C(C)(C)C)C(C)(C)C. The van der Waals surface area contributed by atoms with Crippen LogP contribution in [0.1, 0.15) is 172 Å². The summed E-state index contributed by atoms with van der Waals surface area (Å²) in [7, 11) is -9.78. The van der Waals surface area contributed by atoms with Gasteiger partial charge in [0.25, 0.3) is 0 Å². The summed E-state index contributed by atoms with van der Waals surface area (Å²) >= 11 is 20.5. The van der Waals surface area contributed by atoms with Gasteiger partial charge in [-0.3, -0.25) is 0 Å². The van der Waals surface area contributed by atoms with Crippen LogP contribution in [0.2, 0.25) is 66.5 Å². The van der Waals surface area contributed by atoms with Crippen molar-refractivity contribution in [1.82, 2.24) is 0 Å². The van der Waals surface area contributed by atoms with Crippen molar-refractivity contribution in [2.75, 3.05) is 0 Å². The monoisotopic (exact) mass is 958 g/mol. The first-order chi connectivity index (χ1) is 23.2. The molecule has 0 aromatic heterocycles. The van der Waals surface area contributed by atoms with Crippen molar-refractivity contribution in [1.29, 1.82) is 0 Å². The smallest absolute Gasteiger partial charge is 0.0561 e. The largest absolute Gasteiger partial charge is 0.0703 e. The van der Waals surface area contributed by atoms with E-state index in [-0.39, 0.29) is 39.0 Å². The summed E-state index contributed by atoms with van der Waals surface area (Å²) in [6.45, 7) is 70.5. The zero-order valence-electron chi connectivity index (χ0n) is 41.2. The van der Waals surface area contributed by atoms with Crippen LogP contribution in [0.4, 0.5) is 0 Å². The Hall–Kier alpha value is 1.60. The van der Waals surface area contributed by atoms with Gasteiger partial charge in [0.15, 0.2) is 0 Å². The first-order valence-electron chi connectivity index (χ1n) is 20.6. The zero-order chi connectivity index (χ0) is 44.1. The molecule has 1 rings (SSSR count). The molecule has 0 unspecified atom stereocenters. The van der Waals surface area contributed by atoms with E-state index in [1.807, 2.05) is 0 Å². The fraction of sp³-hybridized carbons (Fsp3) is 0.818. The van der Waals surface area contributed by atoms with Gasteiger partial charge in [0.1, 0.15) is 0 Å². The van der Waals surface area contributed by atoms with E-state index in [4.69, 9.17) is 11.1 Å². The fourth-order valence-corrected chi connectivity index (χ4v) is 189. The number of benzene rings is 1. The van der Waals surface area contributed by atoms with Gasteiger partial charge in [-0.2, -0.15) is 0 Å². The Labute approximate surface area is 366 Å². The van der Waals surface area contributed by atoms with Gasteiger partial charge >= 0.3 is 303 Å². The van der Waals surface area contributed by atoms with E-state index in [1.165, 1.54) is 9.97 Å². The molecule has 0 nitrogen and oxygen atoms in total. The Kier molecular flexibility index (Phi) is 18.0. The summed E-state index contributed by atoms with van der Waals surface area (Å²) < 4.78 is 1.42. The average Bonchev–Trinajstić information content (AvgIpc) is 2.93. The molecule has 0 aliphatic rings. The quantitative estimate of drug-likeness (QED) is 0.189. The van der Waals surface area contributed by atoms with Gasteiger partial charge < -0.3 is 0 Å². The molecule has 6 radical (unpaired) electrons. The number of halogens is 2. The second-order valence-electron chi connectivity index (χ2n) is 25.3. The molecule has 10 heteroatoms. The Morgan fingerprint density at radius 3 is 1.06 bits per heavy atom. The molecule has 0 fully saturated rings. The molecule has 0 heterocycles. The molecule has 1 aromatic rings. The minimum atomic E-state index is -2.79. The first-order valence-corrected chi connectivity index (χ1v) is 43.3. The van der Waals surface area contributed by atoms with Gasteiger partial charge in [0, 0.05) is 0 Å². The van der Waals surface area contributed by atoms with Gasteiger partial charge in [-0.05, 0) is 10.1 Å². The molecular formula is C44H90Cl2GeSi7. The van der Waals surface area contributed by atoms with E-state index < -0.39 is 43.7 Å². The third-order valence-electron chi connectivity index (χ3n) is 15.0. The summed E-state index contributed by atoms with van der Waals surface area (Å²) in [6.07, 6.45) is 0. The third kappa shape index (κ3) is 10.9. The van der Waals surface area contributed by atoms with Crippen LogP contribution in [-0.4, -0.2) is 69.0 Å². The van der Waals surface area contributed by atoms with Crippen LogP contribution in [0.5, 0.6) is 0 Å². The summed E-state index contributed by atoms with van der Waals surface area (Å²) in [5, 5.41) is 1.95. The molecule has 0 saturated carbocycles. The molecule has 1 aromatic carbocycles. The van der Waals surface area contributed by atoms with E-state index >= 15 is 0 Å². The van der Waals surface area contributed by atoms with Gasteiger partial charge in [0.05, 0.1) is 8.80 Å². The normalized spacial score (nSPS) is 16.8. The Balaban J connectivity index is 0.00000244. The van der Waals surface area contributed by atoms with Gasteiger partial charge in [-0.25, -0.2) is 0 Å². The van der Waals surface area contributed by atoms with Gasteiger partial charge in [-0.1, -0.05) is 48.1 Å². The molecule has 0 aliphatic carbocycles. The van der Waals surface area contributed by atoms with E-state index in [2.05, 4.69) is 245 Å². The van der Waals surface area contributed by atoms with E-state index in [0.29, 0.717) is 10.1 Å². The van der Waals surface area contributed by atoms with Crippen LogP contribution in [0.25, 0.3) is 4.41 Å². The predicted octanol–water partition coefficient (Wildman–Crippen LogP) is 16.8. The maximum absolute atomic E-state index is 9.34. The topological polar surface area (TPSA) is 0 Å². The molecule has 0 bridgehead atoms. The van der Waals surface area contributed by atoms with E-state index in [9.17, 15) is 11.1 Å². The summed E-state index contributed by atoms with van der Waals surface area (Å²) in [6, 6.07) is 11.1. The average molecular weight is 959 g/mol. The molecular weight excluding hydrogens is 869 g/mol. The molecule has 0 saturated heterocycles. The third-order valence-corrected chi connectivity index (χ3v) is 135. The van der Waals surface area contributed by atoms with Crippen molar-refractivity contribution in [3.63, 3.8) is 0 Å². The van der Waals surface area contributed by atoms with Gasteiger partial charge in [0.2, 0.25) is 0 Å². The van der Waals surface area contributed by atoms with Crippen LogP contribution in [-0.2, 0) is 0 Å². The molecule has 0 aliphatic heterocycles. The van der Waals surface area contributed by atoms with Crippen molar-refractivity contribution in [3.8, 4) is 0 Å². The number of hydrogen-bond acceptors (Lipinski definition) is 0. The summed E-state index contributed by atoms with van der Waals surface area (Å²) in [5.74, 6) is -2.79. The van der Waals surface area contributed by atoms with E-state index in [1.54, 1.807) is 0 Å². The van der Waals surface area contributed by atoms with Crippen LogP contribution < -0.4 is 0 Å². The van der Waals surface area contributed by atoms with Crippen molar-refractivity contribution in [2.24, 2.45) is 0 Å². The van der Waals surface area contributed by atoms with Crippen LogP contribution in [0, 0.1) is 0 Å². The van der Waals surface area contributed by atoms with Gasteiger partial charge in [-0.15, -0.1) is 0 Å². The van der Waals surface area contributed by atoms with Crippen molar-refractivity contribution < 1.29 is 0 Å². The molecule has 0 N–H and O–H groups in total. The van der Waals surface area contributed by atoms with Crippen LogP contribution >= 0.6 is 22.2 Å². The Morgan fingerprint density at radius 1 is 0.537 bits per heavy atom. The molecule has 1 atom stereocenters. The summed E-state index contributed by atoms with van der Waals surface area (Å²) in [5.41, 5.74) is 4.20. The number of rotatable bonds is 7. The van der Waals surface area contributed by atoms with Crippen molar-refractivity contribution in [3.05, 3.63) is 41.6 Å². The fourth-order valence-electron chi connectivity index (χ4n) is 9.39. The molecule has 0 spiro atoms. The Morgan fingerprint density at radius 2 is 0.833 bits per heavy atom. The Bertz CT molecular complexity index is 1330. The predicted molar refractivity (Wildman–Crippen MR) is 273 cm³/mol. The molecule has 0 amide bonds.